The van der Waals surface area contributed by atoms with Crippen LogP contribution in [0.25, 0.3) is 0 Å². The quantitative estimate of drug-likeness (QED) is 0.0501. The first-order valence-corrected chi connectivity index (χ1v) is 23.2. The summed E-state index contributed by atoms with van der Waals surface area (Å²) in [5.74, 6) is -1.92. The van der Waals surface area contributed by atoms with Crippen LogP contribution in [-0.2, 0) is 32.3 Å². The van der Waals surface area contributed by atoms with Crippen molar-refractivity contribution in [2.45, 2.75) is 231 Å². The number of ether oxygens (including phenoxy) is 2. The summed E-state index contributed by atoms with van der Waals surface area (Å²) in [7, 11) is 0. The van der Waals surface area contributed by atoms with Crippen molar-refractivity contribution in [1.29, 1.82) is 0 Å². The van der Waals surface area contributed by atoms with Gasteiger partial charge in [0.05, 0.1) is 37.6 Å². The molecule has 0 aliphatic rings. The van der Waals surface area contributed by atoms with Crippen molar-refractivity contribution in [3.63, 3.8) is 0 Å². The number of carboxylic acid groups (broad SMARTS) is 2. The summed E-state index contributed by atoms with van der Waals surface area (Å²) >= 11 is 0. The molecule has 0 radical (unpaired) electrons. The van der Waals surface area contributed by atoms with Crippen LogP contribution in [-0.4, -0.2) is 95.4 Å². The van der Waals surface area contributed by atoms with E-state index in [1.54, 1.807) is 0 Å². The third kappa shape index (κ3) is 40.6. The summed E-state index contributed by atoms with van der Waals surface area (Å²) in [6.07, 6.45) is 28.0. The van der Waals surface area contributed by atoms with Gasteiger partial charge in [-0.2, -0.15) is 0 Å². The maximum Gasteiger partial charge on any atom is 2.00 e. The van der Waals surface area contributed by atoms with E-state index in [9.17, 15) is 30.0 Å². The molecule has 8 nitrogen and oxygen atoms in total. The number of benzene rings is 2. The molecular weight excluding hydrogens is 866 g/mol. The number of hydrogen-bond donors (Lipinski definition) is 2. The maximum atomic E-state index is 10.3. The van der Waals surface area contributed by atoms with Gasteiger partial charge in [0, 0.05) is 11.9 Å². The fraction of sp³-hybridized carbons (Fsp3) is 0.720. The molecule has 0 amide bonds. The zero-order chi connectivity index (χ0) is 42.3. The molecule has 2 aromatic rings. The SMILES string of the molecule is CC(CCCCCCCCC(O)CCCCCCC(=O)[O-])OCc1ccccc1.CC(CCCCCCCCC(O)CCCCCCC(=O)[O-])OCc1ccccc1.[Ba+2]. The van der Waals surface area contributed by atoms with Gasteiger partial charge < -0.3 is 39.5 Å². The summed E-state index contributed by atoms with van der Waals surface area (Å²) in [6, 6.07) is 20.6. The second-order valence-corrected chi connectivity index (χ2v) is 16.6. The molecule has 0 fully saturated rings. The molecule has 0 saturated heterocycles. The van der Waals surface area contributed by atoms with Crippen LogP contribution in [0.2, 0.25) is 0 Å². The minimum atomic E-state index is -0.962. The summed E-state index contributed by atoms with van der Waals surface area (Å²) < 4.78 is 11.8. The molecule has 0 aliphatic carbocycles. The average Bonchev–Trinajstić information content (AvgIpc) is 3.21. The number of carbonyl (C=O) groups is 2. The molecule has 0 saturated carbocycles. The van der Waals surface area contributed by atoms with Crippen LogP contribution >= 0.6 is 0 Å². The molecule has 2 rings (SSSR count). The number of hydrogen-bond acceptors (Lipinski definition) is 8. The smallest absolute Gasteiger partial charge is 0.550 e. The van der Waals surface area contributed by atoms with E-state index in [1.165, 1.54) is 75.3 Å². The van der Waals surface area contributed by atoms with Gasteiger partial charge in [-0.1, -0.05) is 176 Å². The van der Waals surface area contributed by atoms with E-state index in [0.717, 1.165) is 89.9 Å². The Bertz CT molecular complexity index is 1110. The third-order valence-electron chi connectivity index (χ3n) is 10.9. The van der Waals surface area contributed by atoms with E-state index >= 15 is 0 Å². The van der Waals surface area contributed by atoms with Crippen LogP contribution in [0.3, 0.4) is 0 Å². The van der Waals surface area contributed by atoms with Gasteiger partial charge in [-0.3, -0.25) is 0 Å². The molecule has 0 aliphatic heterocycles. The first kappa shape index (κ1) is 57.8. The molecule has 0 spiro atoms. The van der Waals surface area contributed by atoms with E-state index in [2.05, 4.69) is 38.1 Å². The Morgan fingerprint density at radius 2 is 0.695 bits per heavy atom. The Kier molecular flexibility index (Phi) is 41.2. The molecule has 4 atom stereocenters. The maximum absolute atomic E-state index is 10.3. The zero-order valence-corrected chi connectivity index (χ0v) is 41.8. The number of aliphatic hydroxyl groups is 2. The number of aliphatic carboxylic acids is 2. The molecule has 59 heavy (non-hydrogen) atoms. The average molecular weight is 949 g/mol. The minimum absolute atomic E-state index is 0. The normalized spacial score (nSPS) is 13.1. The Morgan fingerprint density at radius 3 is 0.983 bits per heavy atom. The topological polar surface area (TPSA) is 139 Å². The molecule has 9 heteroatoms. The van der Waals surface area contributed by atoms with E-state index in [4.69, 9.17) is 9.47 Å². The fourth-order valence-corrected chi connectivity index (χ4v) is 7.12. The molecule has 2 N–H and O–H groups in total. The van der Waals surface area contributed by atoms with Crippen molar-refractivity contribution < 1.29 is 39.5 Å². The van der Waals surface area contributed by atoms with E-state index in [0.29, 0.717) is 38.3 Å². The van der Waals surface area contributed by atoms with Crippen molar-refractivity contribution in [2.24, 2.45) is 0 Å². The van der Waals surface area contributed by atoms with Crippen LogP contribution in [0, 0.1) is 0 Å². The second kappa shape index (κ2) is 42.1. The van der Waals surface area contributed by atoms with Gasteiger partial charge in [-0.15, -0.1) is 0 Å². The monoisotopic (exact) mass is 949 g/mol. The van der Waals surface area contributed by atoms with Gasteiger partial charge in [-0.05, 0) is 89.2 Å². The van der Waals surface area contributed by atoms with Crippen LogP contribution in [0.1, 0.15) is 205 Å². The number of unbranched alkanes of at least 4 members (excludes halogenated alkanes) is 16. The van der Waals surface area contributed by atoms with Gasteiger partial charge in [0.2, 0.25) is 0 Å². The van der Waals surface area contributed by atoms with Crippen molar-refractivity contribution >= 4 is 60.8 Å². The molecule has 2 aromatic carbocycles. The van der Waals surface area contributed by atoms with Crippen molar-refractivity contribution in [3.05, 3.63) is 71.8 Å². The molecule has 0 heterocycles. The standard InChI is InChI=1S/2C25H42O4.Ba/c2*1-22(29-21-23-16-10-8-11-17-23)15-9-4-2-3-5-12-18-24(26)19-13-6-7-14-20-25(27)28;/h2*8,10-11,16-17,22,24,26H,2-7,9,12-15,18-21H2,1H3,(H,27,28);/q;;+2/p-2. The first-order valence-electron chi connectivity index (χ1n) is 23.2. The first-order chi connectivity index (χ1) is 28.2. The Hall–Kier alpha value is -1.21. The summed E-state index contributed by atoms with van der Waals surface area (Å²) in [6.45, 7) is 5.72. The van der Waals surface area contributed by atoms with Gasteiger partial charge in [0.1, 0.15) is 0 Å². The van der Waals surface area contributed by atoms with Crippen molar-refractivity contribution in [2.75, 3.05) is 0 Å². The number of carbonyl (C=O) groups excluding carboxylic acids is 2. The van der Waals surface area contributed by atoms with Gasteiger partial charge >= 0.3 is 48.9 Å². The molecule has 332 valence electrons. The van der Waals surface area contributed by atoms with E-state index in [-0.39, 0.29) is 73.9 Å². The second-order valence-electron chi connectivity index (χ2n) is 16.6. The predicted octanol–water partition coefficient (Wildman–Crippen LogP) is 9.95. The van der Waals surface area contributed by atoms with Crippen LogP contribution in [0.4, 0.5) is 0 Å². The van der Waals surface area contributed by atoms with Gasteiger partial charge in [0.15, 0.2) is 0 Å². The molecule has 0 bridgehead atoms. The summed E-state index contributed by atoms with van der Waals surface area (Å²) in [5, 5.41) is 40.7. The Balaban J connectivity index is 0.00000112. The van der Waals surface area contributed by atoms with Crippen molar-refractivity contribution in [3.8, 4) is 0 Å². The molecule has 0 aromatic heterocycles. The minimum Gasteiger partial charge on any atom is -0.550 e. The van der Waals surface area contributed by atoms with Crippen LogP contribution in [0.5, 0.6) is 0 Å². The van der Waals surface area contributed by atoms with E-state index in [1.807, 2.05) is 36.4 Å². The summed E-state index contributed by atoms with van der Waals surface area (Å²) in [5.41, 5.74) is 2.47. The zero-order valence-electron chi connectivity index (χ0n) is 37.3. The van der Waals surface area contributed by atoms with Gasteiger partial charge in [-0.25, -0.2) is 0 Å². The largest absolute Gasteiger partial charge is 2.00 e. The fourth-order valence-electron chi connectivity index (χ4n) is 7.12. The number of aliphatic hydroxyl groups excluding tert-OH is 2. The van der Waals surface area contributed by atoms with Crippen LogP contribution in [0.15, 0.2) is 60.7 Å². The Morgan fingerprint density at radius 1 is 0.441 bits per heavy atom. The number of rotatable bonds is 38. The van der Waals surface area contributed by atoms with E-state index < -0.39 is 11.9 Å². The molecule has 4 unspecified atom stereocenters. The third-order valence-corrected chi connectivity index (χ3v) is 10.9. The summed E-state index contributed by atoms with van der Waals surface area (Å²) in [4.78, 5) is 20.6. The number of carboxylic acids is 2. The predicted molar refractivity (Wildman–Crippen MR) is 238 cm³/mol. The van der Waals surface area contributed by atoms with Gasteiger partial charge in [0.25, 0.3) is 0 Å². The Labute approximate surface area is 400 Å². The van der Waals surface area contributed by atoms with Crippen molar-refractivity contribution in [1.82, 2.24) is 0 Å². The molecular formula is C50H82BaO8. The van der Waals surface area contributed by atoms with Crippen LogP contribution < -0.4 is 10.2 Å².